The molecule has 0 spiro atoms. The average Bonchev–Trinajstić information content (AvgIpc) is 2.12. The summed E-state index contributed by atoms with van der Waals surface area (Å²) in [4.78, 5) is 15.7. The van der Waals surface area contributed by atoms with Gasteiger partial charge in [0.15, 0.2) is 5.82 Å². The third kappa shape index (κ3) is 1.07. The predicted molar refractivity (Wildman–Crippen MR) is 44.2 cm³/mol. The van der Waals surface area contributed by atoms with Gasteiger partial charge >= 0.3 is 0 Å². The van der Waals surface area contributed by atoms with Gasteiger partial charge in [0.2, 0.25) is 0 Å². The third-order valence-electron chi connectivity index (χ3n) is 1.54. The second-order valence-electron chi connectivity index (χ2n) is 2.32. The van der Waals surface area contributed by atoms with Crippen LogP contribution < -0.4 is 5.06 Å². The summed E-state index contributed by atoms with van der Waals surface area (Å²) in [6, 6.07) is 3.60. The van der Waals surface area contributed by atoms with Gasteiger partial charge in [-0.05, 0) is 12.1 Å². The smallest absolute Gasteiger partial charge is 0.262 e. The van der Waals surface area contributed by atoms with Crippen molar-refractivity contribution in [2.24, 2.45) is 0 Å². The Morgan fingerprint density at radius 2 is 2.50 bits per heavy atom. The number of rotatable bonds is 0. The second kappa shape index (κ2) is 2.76. The van der Waals surface area contributed by atoms with E-state index in [2.05, 4.69) is 4.98 Å². The van der Waals surface area contributed by atoms with Crippen molar-refractivity contribution in [1.29, 1.82) is 0 Å². The molecule has 0 saturated carbocycles. The highest BCUT2D eigenvalue weighted by Gasteiger charge is 2.23. The van der Waals surface area contributed by atoms with Crippen LogP contribution in [0.3, 0.4) is 0 Å². The molecule has 0 atom stereocenters. The number of fused-ring (bicyclic) bond motifs is 1. The van der Waals surface area contributed by atoms with Crippen LogP contribution in [0.1, 0.15) is 0 Å². The molecule has 62 valence electrons. The quantitative estimate of drug-likeness (QED) is 0.606. The minimum absolute atomic E-state index is 0.273. The predicted octanol–water partition coefficient (Wildman–Crippen LogP) is 0.909. The van der Waals surface area contributed by atoms with Gasteiger partial charge in [0.05, 0.1) is 10.6 Å². The van der Waals surface area contributed by atoms with Crippen LogP contribution >= 0.6 is 11.8 Å². The molecule has 1 N–H and O–H groups in total. The Balaban J connectivity index is 2.48. The first kappa shape index (κ1) is 7.57. The van der Waals surface area contributed by atoms with Gasteiger partial charge in [-0.15, -0.1) is 11.8 Å². The van der Waals surface area contributed by atoms with Crippen molar-refractivity contribution in [3.8, 4) is 0 Å². The zero-order valence-corrected chi connectivity index (χ0v) is 6.91. The molecule has 1 aromatic rings. The van der Waals surface area contributed by atoms with Crippen molar-refractivity contribution >= 4 is 23.5 Å². The van der Waals surface area contributed by atoms with Gasteiger partial charge < -0.3 is 0 Å². The standard InChI is InChI=1S/C7H6N2O2S/c10-6-4-12-5-2-1-3-8-7(5)9(6)11/h1-3,11H,4H2. The average molecular weight is 182 g/mol. The molecular weight excluding hydrogens is 176 g/mol. The van der Waals surface area contributed by atoms with E-state index < -0.39 is 0 Å². The number of hydroxylamine groups is 1. The van der Waals surface area contributed by atoms with Crippen molar-refractivity contribution in [2.45, 2.75) is 4.90 Å². The number of pyridine rings is 1. The molecule has 4 nitrogen and oxygen atoms in total. The van der Waals surface area contributed by atoms with Crippen LogP contribution in [0.2, 0.25) is 0 Å². The SMILES string of the molecule is O=C1CSc2cccnc2N1O. The summed E-state index contributed by atoms with van der Waals surface area (Å²) in [6.07, 6.45) is 1.54. The molecule has 0 fully saturated rings. The van der Waals surface area contributed by atoms with E-state index in [1.165, 1.54) is 11.8 Å². The number of hydrogen-bond donors (Lipinski definition) is 1. The number of aromatic nitrogens is 1. The lowest BCUT2D eigenvalue weighted by atomic mass is 10.4. The molecule has 0 unspecified atom stereocenters. The molecule has 2 rings (SSSR count). The maximum absolute atomic E-state index is 11.0. The van der Waals surface area contributed by atoms with E-state index >= 15 is 0 Å². The largest absolute Gasteiger partial charge is 0.279 e. The molecule has 1 amide bonds. The molecule has 5 heteroatoms. The van der Waals surface area contributed by atoms with Crippen molar-refractivity contribution < 1.29 is 10.0 Å². The Labute approximate surface area is 73.2 Å². The van der Waals surface area contributed by atoms with Gasteiger partial charge in [0, 0.05) is 6.20 Å². The van der Waals surface area contributed by atoms with Crippen molar-refractivity contribution in [1.82, 2.24) is 4.98 Å². The Bertz CT molecular complexity index is 329. The molecule has 2 heterocycles. The van der Waals surface area contributed by atoms with E-state index in [4.69, 9.17) is 0 Å². The van der Waals surface area contributed by atoms with E-state index in [0.717, 1.165) is 4.90 Å². The highest BCUT2D eigenvalue weighted by molar-refractivity contribution is 8.00. The van der Waals surface area contributed by atoms with Gasteiger partial charge in [-0.25, -0.2) is 4.98 Å². The van der Waals surface area contributed by atoms with Crippen LogP contribution in [-0.2, 0) is 4.79 Å². The lowest BCUT2D eigenvalue weighted by Crippen LogP contribution is -2.32. The van der Waals surface area contributed by atoms with Crippen molar-refractivity contribution in [2.75, 3.05) is 10.8 Å². The molecule has 1 aliphatic rings. The monoisotopic (exact) mass is 182 g/mol. The molecule has 1 aliphatic heterocycles. The Morgan fingerprint density at radius 1 is 1.67 bits per heavy atom. The summed E-state index contributed by atoms with van der Waals surface area (Å²) in [6.45, 7) is 0. The molecule has 0 bridgehead atoms. The van der Waals surface area contributed by atoms with E-state index in [1.54, 1.807) is 12.3 Å². The maximum Gasteiger partial charge on any atom is 0.262 e. The zero-order valence-electron chi connectivity index (χ0n) is 6.10. The molecule has 0 saturated heterocycles. The van der Waals surface area contributed by atoms with E-state index in [0.29, 0.717) is 10.9 Å². The van der Waals surface area contributed by atoms with Crippen molar-refractivity contribution in [3.05, 3.63) is 18.3 Å². The minimum Gasteiger partial charge on any atom is -0.279 e. The highest BCUT2D eigenvalue weighted by Crippen LogP contribution is 2.31. The number of carbonyl (C=O) groups is 1. The van der Waals surface area contributed by atoms with E-state index in [1.807, 2.05) is 6.07 Å². The number of amides is 1. The number of anilines is 1. The summed E-state index contributed by atoms with van der Waals surface area (Å²) < 4.78 is 0. The number of carbonyl (C=O) groups excluding carboxylic acids is 1. The first-order valence-corrected chi connectivity index (χ1v) is 4.37. The van der Waals surface area contributed by atoms with Crippen LogP contribution in [0.5, 0.6) is 0 Å². The fourth-order valence-corrected chi connectivity index (χ4v) is 1.82. The van der Waals surface area contributed by atoms with Gasteiger partial charge in [-0.1, -0.05) is 0 Å². The van der Waals surface area contributed by atoms with Gasteiger partial charge in [-0.2, -0.15) is 5.06 Å². The molecule has 0 aliphatic carbocycles. The molecule has 0 radical (unpaired) electrons. The van der Waals surface area contributed by atoms with Crippen LogP contribution in [0.25, 0.3) is 0 Å². The fraction of sp³-hybridized carbons (Fsp3) is 0.143. The summed E-state index contributed by atoms with van der Waals surface area (Å²) in [5, 5.41) is 9.84. The summed E-state index contributed by atoms with van der Waals surface area (Å²) >= 11 is 1.39. The number of thioether (sulfide) groups is 1. The Hall–Kier alpha value is -1.07. The lowest BCUT2D eigenvalue weighted by Gasteiger charge is -2.20. The van der Waals surface area contributed by atoms with Crippen molar-refractivity contribution in [3.63, 3.8) is 0 Å². The topological polar surface area (TPSA) is 53.4 Å². The van der Waals surface area contributed by atoms with Gasteiger partial charge in [0.1, 0.15) is 0 Å². The number of nitrogens with zero attached hydrogens (tertiary/aromatic N) is 2. The number of hydrogen-bond acceptors (Lipinski definition) is 4. The highest BCUT2D eigenvalue weighted by atomic mass is 32.2. The van der Waals surface area contributed by atoms with E-state index in [9.17, 15) is 10.0 Å². The van der Waals surface area contributed by atoms with Gasteiger partial charge in [-0.3, -0.25) is 10.0 Å². The summed E-state index contributed by atoms with van der Waals surface area (Å²) in [5.74, 6) is 0.278. The molecule has 12 heavy (non-hydrogen) atoms. The lowest BCUT2D eigenvalue weighted by molar-refractivity contribution is -0.121. The third-order valence-corrected chi connectivity index (χ3v) is 2.56. The summed E-state index contributed by atoms with van der Waals surface area (Å²) in [7, 11) is 0. The van der Waals surface area contributed by atoms with Crippen LogP contribution in [-0.4, -0.2) is 21.9 Å². The Kier molecular flexibility index (Phi) is 1.74. The molecule has 0 aromatic carbocycles. The zero-order chi connectivity index (χ0) is 8.55. The Morgan fingerprint density at radius 3 is 3.33 bits per heavy atom. The first-order chi connectivity index (χ1) is 5.79. The normalized spacial score (nSPS) is 16.1. The minimum atomic E-state index is -0.328. The van der Waals surface area contributed by atoms with Gasteiger partial charge in [0.25, 0.3) is 5.91 Å². The first-order valence-electron chi connectivity index (χ1n) is 3.38. The molecular formula is C7H6N2O2S. The second-order valence-corrected chi connectivity index (χ2v) is 3.34. The maximum atomic E-state index is 11.0. The van der Waals surface area contributed by atoms with E-state index in [-0.39, 0.29) is 11.7 Å². The van der Waals surface area contributed by atoms with Crippen LogP contribution in [0.4, 0.5) is 5.82 Å². The summed E-state index contributed by atoms with van der Waals surface area (Å²) in [5.41, 5.74) is 0. The fourth-order valence-electron chi connectivity index (χ4n) is 0.973. The van der Waals surface area contributed by atoms with Crippen LogP contribution in [0.15, 0.2) is 23.2 Å². The molecule has 1 aromatic heterocycles. The van der Waals surface area contributed by atoms with Crippen LogP contribution in [0, 0.1) is 0 Å².